The summed E-state index contributed by atoms with van der Waals surface area (Å²) in [5.74, 6) is 0.458. The summed E-state index contributed by atoms with van der Waals surface area (Å²) in [6.45, 7) is 12.5. The van der Waals surface area contributed by atoms with E-state index in [4.69, 9.17) is 15.6 Å². The molecule has 0 saturated carbocycles. The highest BCUT2D eigenvalue weighted by Gasteiger charge is 2.39. The molecule has 1 atom stereocenters. The van der Waals surface area contributed by atoms with Gasteiger partial charge in [0.15, 0.2) is 5.65 Å². The molecule has 1 unspecified atom stereocenters. The molecule has 0 bridgehead atoms. The number of ether oxygens (including phenoxy) is 1. The van der Waals surface area contributed by atoms with Crippen LogP contribution >= 0.6 is 22.6 Å². The topological polar surface area (TPSA) is 107 Å². The van der Waals surface area contributed by atoms with Gasteiger partial charge in [-0.2, -0.15) is 5.10 Å². The molecule has 11 heteroatoms. The Labute approximate surface area is 254 Å². The largest absolute Gasteiger partial charge is 0.444 e. The van der Waals surface area contributed by atoms with Crippen LogP contribution in [0.15, 0.2) is 36.8 Å². The summed E-state index contributed by atoms with van der Waals surface area (Å²) in [7, 11) is 0. The number of anilines is 1. The quantitative estimate of drug-likeness (QED) is 0.287. The van der Waals surface area contributed by atoms with Crippen molar-refractivity contribution in [3.63, 3.8) is 0 Å². The Morgan fingerprint density at radius 1 is 1.12 bits per heavy atom. The number of likely N-dealkylation sites (tertiary alicyclic amines) is 2. The summed E-state index contributed by atoms with van der Waals surface area (Å²) < 4.78 is 10.7. The van der Waals surface area contributed by atoms with Crippen LogP contribution in [0.5, 0.6) is 0 Å². The van der Waals surface area contributed by atoms with E-state index in [1.807, 2.05) is 30.4 Å². The first kappa shape index (κ1) is 28.2. The van der Waals surface area contributed by atoms with Gasteiger partial charge in [-0.25, -0.2) is 19.4 Å². The van der Waals surface area contributed by atoms with E-state index in [-0.39, 0.29) is 12.1 Å². The summed E-state index contributed by atoms with van der Waals surface area (Å²) in [5.41, 5.74) is 10.5. The first-order valence-corrected chi connectivity index (χ1v) is 15.5. The van der Waals surface area contributed by atoms with Gasteiger partial charge in [0.25, 0.3) is 0 Å². The fraction of sp³-hybridized carbons (Fsp3) is 0.533. The number of nitrogens with zero attached hydrogens (tertiary/aromatic N) is 7. The minimum Gasteiger partial charge on any atom is -0.444 e. The normalized spacial score (nSPS) is 18.8. The second-order valence-electron chi connectivity index (χ2n) is 12.7. The number of fused-ring (bicyclic) bond motifs is 2. The van der Waals surface area contributed by atoms with Gasteiger partial charge >= 0.3 is 6.09 Å². The van der Waals surface area contributed by atoms with Gasteiger partial charge in [-0.1, -0.05) is 6.07 Å². The minimum atomic E-state index is -0.457. The van der Waals surface area contributed by atoms with E-state index >= 15 is 0 Å². The zero-order valence-electron chi connectivity index (χ0n) is 24.3. The van der Waals surface area contributed by atoms with E-state index in [1.165, 1.54) is 23.1 Å². The Morgan fingerprint density at radius 3 is 2.54 bits per heavy atom. The van der Waals surface area contributed by atoms with Crippen molar-refractivity contribution in [3.05, 3.63) is 51.7 Å². The van der Waals surface area contributed by atoms with Gasteiger partial charge in [0.1, 0.15) is 21.4 Å². The molecule has 0 radical (unpaired) electrons. The van der Waals surface area contributed by atoms with Crippen LogP contribution in [0.25, 0.3) is 16.6 Å². The van der Waals surface area contributed by atoms with Crippen LogP contribution in [0, 0.1) is 9.12 Å². The van der Waals surface area contributed by atoms with Crippen LogP contribution in [0.2, 0.25) is 0 Å². The highest BCUT2D eigenvalue weighted by Crippen LogP contribution is 2.42. The molecule has 0 aliphatic carbocycles. The Balaban J connectivity index is 1.19. The molecule has 4 aromatic rings. The molecule has 41 heavy (non-hydrogen) atoms. The maximum Gasteiger partial charge on any atom is 0.410 e. The molecule has 4 aromatic heterocycles. The number of amides is 1. The summed E-state index contributed by atoms with van der Waals surface area (Å²) in [6.07, 6.45) is 7.89. The highest BCUT2D eigenvalue weighted by molar-refractivity contribution is 14.1. The van der Waals surface area contributed by atoms with Gasteiger partial charge in [0, 0.05) is 37.0 Å². The molecule has 1 amide bonds. The summed E-state index contributed by atoms with van der Waals surface area (Å²) >= 11 is 2.22. The first-order valence-electron chi connectivity index (χ1n) is 14.5. The number of aromatic nitrogens is 5. The van der Waals surface area contributed by atoms with Gasteiger partial charge in [-0.3, -0.25) is 4.90 Å². The Hall–Kier alpha value is -2.93. The first-order chi connectivity index (χ1) is 19.5. The number of nitrogens with two attached hydrogens (primary N) is 1. The van der Waals surface area contributed by atoms with Crippen LogP contribution in [0.4, 0.5) is 10.6 Å². The summed E-state index contributed by atoms with van der Waals surface area (Å²) in [5, 5.41) is 5.65. The average Bonchev–Trinajstić information content (AvgIpc) is 3.47. The van der Waals surface area contributed by atoms with E-state index in [2.05, 4.69) is 79.2 Å². The van der Waals surface area contributed by atoms with Gasteiger partial charge in [-0.15, -0.1) is 0 Å². The average molecular weight is 671 g/mol. The van der Waals surface area contributed by atoms with Crippen LogP contribution in [0.1, 0.15) is 70.7 Å². The van der Waals surface area contributed by atoms with Crippen molar-refractivity contribution < 1.29 is 9.53 Å². The molecule has 2 aliphatic heterocycles. The molecule has 2 fully saturated rings. The van der Waals surface area contributed by atoms with Crippen LogP contribution < -0.4 is 5.73 Å². The number of carbonyl (C=O) groups excluding carboxylic acids is 1. The monoisotopic (exact) mass is 670 g/mol. The number of rotatable bonds is 4. The van der Waals surface area contributed by atoms with Crippen molar-refractivity contribution in [3.8, 4) is 0 Å². The highest BCUT2D eigenvalue weighted by atomic mass is 127. The molecule has 0 aromatic carbocycles. The molecule has 2 aliphatic rings. The number of hydrogen-bond acceptors (Lipinski definition) is 7. The second-order valence-corrected chi connectivity index (χ2v) is 13.7. The molecule has 6 rings (SSSR count). The number of carbonyl (C=O) groups is 1. The van der Waals surface area contributed by atoms with Crippen LogP contribution in [0.3, 0.4) is 0 Å². The zero-order valence-corrected chi connectivity index (χ0v) is 26.5. The Morgan fingerprint density at radius 2 is 1.83 bits per heavy atom. The summed E-state index contributed by atoms with van der Waals surface area (Å²) in [4.78, 5) is 25.8. The number of hydrogen-bond donors (Lipinski definition) is 1. The van der Waals surface area contributed by atoms with Gasteiger partial charge in [-0.05, 0) is 118 Å². The van der Waals surface area contributed by atoms with Crippen molar-refractivity contribution in [2.75, 3.05) is 31.9 Å². The van der Waals surface area contributed by atoms with E-state index in [1.54, 1.807) is 0 Å². The zero-order chi connectivity index (χ0) is 28.9. The maximum absolute atomic E-state index is 12.6. The SMILES string of the molecule is CC(c1cc2ccccn2c1CN1CCC2(CC1)CCN(C(=O)OC(C)(C)C)CC2)n1nc(I)c2c(N)ncnc21. The molecular formula is C30H39IN8O2. The molecule has 218 valence electrons. The minimum absolute atomic E-state index is 0.0291. The lowest BCUT2D eigenvalue weighted by molar-refractivity contribution is -0.00326. The third-order valence-electron chi connectivity index (χ3n) is 8.88. The van der Waals surface area contributed by atoms with Gasteiger partial charge in [0.05, 0.1) is 11.4 Å². The number of nitrogen functional groups attached to an aromatic ring is 1. The third-order valence-corrected chi connectivity index (χ3v) is 9.63. The number of halogens is 1. The maximum atomic E-state index is 12.6. The Kier molecular flexibility index (Phi) is 7.37. The van der Waals surface area contributed by atoms with Crippen LogP contribution in [-0.2, 0) is 11.3 Å². The molecular weight excluding hydrogens is 631 g/mol. The van der Waals surface area contributed by atoms with Gasteiger partial charge in [0.2, 0.25) is 0 Å². The predicted molar refractivity (Wildman–Crippen MR) is 168 cm³/mol. The second kappa shape index (κ2) is 10.7. The number of piperidine rings is 2. The Bertz CT molecular complexity index is 1570. The van der Waals surface area contributed by atoms with Crippen molar-refractivity contribution in [1.82, 2.24) is 33.9 Å². The predicted octanol–water partition coefficient (Wildman–Crippen LogP) is 5.49. The fourth-order valence-corrected chi connectivity index (χ4v) is 7.22. The lowest BCUT2D eigenvalue weighted by Gasteiger charge is -2.47. The fourth-order valence-electron chi connectivity index (χ4n) is 6.47. The number of pyridine rings is 1. The van der Waals surface area contributed by atoms with Crippen molar-refractivity contribution >= 4 is 51.1 Å². The lowest BCUT2D eigenvalue weighted by atomic mass is 9.71. The van der Waals surface area contributed by atoms with E-state index < -0.39 is 5.60 Å². The molecule has 1 spiro atoms. The standard InChI is InChI=1S/C30H39IN8O2/c1-20(39-27-24(25(31)35-39)26(32)33-19-34-27)22-17-21-7-5-6-12-38(21)23(22)18-36-13-8-30(9-14-36)10-15-37(16-11-30)28(40)41-29(2,3)4/h5-7,12,17,19-20H,8-11,13-16,18H2,1-4H3,(H2,32,33,34). The molecule has 10 nitrogen and oxygen atoms in total. The molecule has 2 saturated heterocycles. The van der Waals surface area contributed by atoms with E-state index in [9.17, 15) is 4.79 Å². The van der Waals surface area contributed by atoms with E-state index in [0.29, 0.717) is 11.2 Å². The lowest BCUT2D eigenvalue weighted by Crippen LogP contribution is -2.49. The van der Waals surface area contributed by atoms with Crippen molar-refractivity contribution in [1.29, 1.82) is 0 Å². The third kappa shape index (κ3) is 5.50. The van der Waals surface area contributed by atoms with E-state index in [0.717, 1.165) is 73.1 Å². The molecule has 2 N–H and O–H groups in total. The van der Waals surface area contributed by atoms with Crippen molar-refractivity contribution in [2.45, 2.75) is 71.6 Å². The van der Waals surface area contributed by atoms with Gasteiger partial charge < -0.3 is 19.8 Å². The molecule has 6 heterocycles. The smallest absolute Gasteiger partial charge is 0.410 e. The van der Waals surface area contributed by atoms with Crippen LogP contribution in [-0.4, -0.2) is 71.8 Å². The summed E-state index contributed by atoms with van der Waals surface area (Å²) in [6, 6.07) is 8.59. The van der Waals surface area contributed by atoms with Crippen molar-refractivity contribution in [2.24, 2.45) is 5.41 Å².